The van der Waals surface area contributed by atoms with Crippen molar-refractivity contribution < 1.29 is 8.42 Å². The van der Waals surface area contributed by atoms with E-state index in [2.05, 4.69) is 30.7 Å². The summed E-state index contributed by atoms with van der Waals surface area (Å²) in [5, 5.41) is 0. The largest absolute Gasteiger partial charge is 0.296 e. The van der Waals surface area contributed by atoms with Gasteiger partial charge in [-0.3, -0.25) is 4.90 Å². The number of thiazole rings is 1. The zero-order valence-electron chi connectivity index (χ0n) is 12.2. The van der Waals surface area contributed by atoms with Gasteiger partial charge in [0.15, 0.2) is 8.68 Å². The maximum atomic E-state index is 12.6. The first-order chi connectivity index (χ1) is 9.12. The average Bonchev–Trinajstić information content (AvgIpc) is 2.68. The van der Waals surface area contributed by atoms with Crippen molar-refractivity contribution in [3.8, 4) is 0 Å². The Morgan fingerprint density at radius 3 is 2.15 bits per heavy atom. The SMILES string of the molecule is Cc1nc(Cl)sc1S(=O)(=O)N1CCN(C(C)(C)C)CC1. The summed E-state index contributed by atoms with van der Waals surface area (Å²) in [6.45, 7) is 10.6. The van der Waals surface area contributed by atoms with E-state index in [1.54, 1.807) is 6.92 Å². The summed E-state index contributed by atoms with van der Waals surface area (Å²) >= 11 is 6.84. The number of sulfonamides is 1. The van der Waals surface area contributed by atoms with E-state index in [1.807, 2.05) is 0 Å². The van der Waals surface area contributed by atoms with Crippen molar-refractivity contribution in [1.29, 1.82) is 0 Å². The first kappa shape index (κ1) is 16.2. The molecule has 1 aromatic heterocycles. The highest BCUT2D eigenvalue weighted by Gasteiger charge is 2.34. The molecule has 0 unspecified atom stereocenters. The molecule has 1 aliphatic heterocycles. The lowest BCUT2D eigenvalue weighted by Gasteiger charge is -2.41. The van der Waals surface area contributed by atoms with E-state index >= 15 is 0 Å². The van der Waals surface area contributed by atoms with Gasteiger partial charge in [-0.05, 0) is 27.7 Å². The molecule has 1 aliphatic rings. The van der Waals surface area contributed by atoms with E-state index in [4.69, 9.17) is 11.6 Å². The maximum absolute atomic E-state index is 12.6. The Hall–Kier alpha value is -0.210. The normalized spacial score (nSPS) is 19.4. The van der Waals surface area contributed by atoms with Gasteiger partial charge in [0, 0.05) is 31.7 Å². The van der Waals surface area contributed by atoms with Crippen molar-refractivity contribution in [2.75, 3.05) is 26.2 Å². The monoisotopic (exact) mass is 337 g/mol. The fourth-order valence-electron chi connectivity index (χ4n) is 2.31. The predicted molar refractivity (Wildman–Crippen MR) is 81.9 cm³/mol. The first-order valence-corrected chi connectivity index (χ1v) is 9.14. The molecule has 2 rings (SSSR count). The molecular formula is C12H20ClN3O2S2. The lowest BCUT2D eigenvalue weighted by atomic mass is 10.1. The molecule has 0 saturated carbocycles. The minimum absolute atomic E-state index is 0.0690. The van der Waals surface area contributed by atoms with Gasteiger partial charge in [0.2, 0.25) is 0 Å². The van der Waals surface area contributed by atoms with Gasteiger partial charge >= 0.3 is 0 Å². The molecule has 5 nitrogen and oxygen atoms in total. The standard InChI is InChI=1S/C12H20ClN3O2S2/c1-9-10(19-11(13)14-9)20(17,18)16-7-5-15(6-8-16)12(2,3)4/h5-8H2,1-4H3. The van der Waals surface area contributed by atoms with Crippen molar-refractivity contribution in [3.05, 3.63) is 10.2 Å². The van der Waals surface area contributed by atoms with Crippen LogP contribution < -0.4 is 0 Å². The van der Waals surface area contributed by atoms with Crippen molar-refractivity contribution >= 4 is 33.0 Å². The molecule has 0 atom stereocenters. The molecule has 1 fully saturated rings. The highest BCUT2D eigenvalue weighted by Crippen LogP contribution is 2.30. The van der Waals surface area contributed by atoms with Gasteiger partial charge in [0.1, 0.15) is 0 Å². The minimum atomic E-state index is -3.46. The van der Waals surface area contributed by atoms with Crippen LogP contribution in [-0.2, 0) is 10.0 Å². The van der Waals surface area contributed by atoms with Crippen LogP contribution in [0.1, 0.15) is 26.5 Å². The molecule has 114 valence electrons. The second-order valence-corrected chi connectivity index (χ2v) is 9.62. The Morgan fingerprint density at radius 1 is 1.20 bits per heavy atom. The number of halogens is 1. The molecule has 0 radical (unpaired) electrons. The molecule has 0 aliphatic carbocycles. The molecule has 0 aromatic carbocycles. The second-order valence-electron chi connectivity index (χ2n) is 5.90. The molecular weight excluding hydrogens is 318 g/mol. The Kier molecular flexibility index (Phi) is 4.47. The molecule has 0 bridgehead atoms. The molecule has 20 heavy (non-hydrogen) atoms. The van der Waals surface area contributed by atoms with E-state index in [0.717, 1.165) is 24.4 Å². The van der Waals surface area contributed by atoms with Gasteiger partial charge in [0.05, 0.1) is 5.69 Å². The van der Waals surface area contributed by atoms with Gasteiger partial charge in [-0.1, -0.05) is 22.9 Å². The quantitative estimate of drug-likeness (QED) is 0.830. The molecule has 1 aromatic rings. The van der Waals surface area contributed by atoms with Crippen molar-refractivity contribution in [1.82, 2.24) is 14.2 Å². The number of piperazine rings is 1. The van der Waals surface area contributed by atoms with Crippen molar-refractivity contribution in [2.45, 2.75) is 37.4 Å². The van der Waals surface area contributed by atoms with Crippen LogP contribution in [-0.4, -0.2) is 54.3 Å². The van der Waals surface area contributed by atoms with Crippen LogP contribution in [0.3, 0.4) is 0 Å². The van der Waals surface area contributed by atoms with Gasteiger partial charge in [-0.2, -0.15) is 4.31 Å². The third kappa shape index (κ3) is 3.17. The maximum Gasteiger partial charge on any atom is 0.254 e. The summed E-state index contributed by atoms with van der Waals surface area (Å²) in [5.41, 5.74) is 0.554. The van der Waals surface area contributed by atoms with Crippen LogP contribution in [0.4, 0.5) is 0 Å². The number of rotatable bonds is 2. The van der Waals surface area contributed by atoms with Crippen LogP contribution in [0.15, 0.2) is 4.21 Å². The number of hydrogen-bond donors (Lipinski definition) is 0. The fourth-order valence-corrected chi connectivity index (χ4v) is 5.60. The summed E-state index contributed by atoms with van der Waals surface area (Å²) in [7, 11) is -3.46. The van der Waals surface area contributed by atoms with Crippen molar-refractivity contribution in [2.24, 2.45) is 0 Å². The van der Waals surface area contributed by atoms with Crippen LogP contribution in [0, 0.1) is 6.92 Å². The van der Waals surface area contributed by atoms with E-state index in [0.29, 0.717) is 18.8 Å². The fraction of sp³-hybridized carbons (Fsp3) is 0.750. The summed E-state index contributed by atoms with van der Waals surface area (Å²) in [5.74, 6) is 0. The topological polar surface area (TPSA) is 53.5 Å². The zero-order chi connectivity index (χ0) is 15.1. The van der Waals surface area contributed by atoms with Crippen LogP contribution in [0.2, 0.25) is 4.47 Å². The highest BCUT2D eigenvalue weighted by atomic mass is 35.5. The van der Waals surface area contributed by atoms with Gasteiger partial charge in [-0.15, -0.1) is 0 Å². The minimum Gasteiger partial charge on any atom is -0.296 e. The number of nitrogens with zero attached hydrogens (tertiary/aromatic N) is 3. The summed E-state index contributed by atoms with van der Waals surface area (Å²) in [6, 6.07) is 0. The third-order valence-corrected chi connectivity index (χ3v) is 7.24. The number of hydrogen-bond acceptors (Lipinski definition) is 5. The van der Waals surface area contributed by atoms with E-state index < -0.39 is 10.0 Å². The van der Waals surface area contributed by atoms with Crippen molar-refractivity contribution in [3.63, 3.8) is 0 Å². The van der Waals surface area contributed by atoms with Gasteiger partial charge < -0.3 is 0 Å². The first-order valence-electron chi connectivity index (χ1n) is 6.50. The zero-order valence-corrected chi connectivity index (χ0v) is 14.6. The second kappa shape index (κ2) is 5.53. The Morgan fingerprint density at radius 2 is 1.75 bits per heavy atom. The highest BCUT2D eigenvalue weighted by molar-refractivity contribution is 7.91. The molecule has 0 amide bonds. The van der Waals surface area contributed by atoms with Crippen LogP contribution in [0.25, 0.3) is 0 Å². The Balaban J connectivity index is 2.16. The van der Waals surface area contributed by atoms with Gasteiger partial charge in [0.25, 0.3) is 10.0 Å². The average molecular weight is 338 g/mol. The smallest absolute Gasteiger partial charge is 0.254 e. The number of aromatic nitrogens is 1. The van der Waals surface area contributed by atoms with E-state index in [9.17, 15) is 8.42 Å². The summed E-state index contributed by atoms with van der Waals surface area (Å²) in [6.07, 6.45) is 0. The van der Waals surface area contributed by atoms with Crippen LogP contribution in [0.5, 0.6) is 0 Å². The van der Waals surface area contributed by atoms with Gasteiger partial charge in [-0.25, -0.2) is 13.4 Å². The predicted octanol–water partition coefficient (Wildman–Crippen LogP) is 2.21. The molecule has 2 heterocycles. The Labute approximate surface area is 129 Å². The Bertz CT molecular complexity index is 584. The molecule has 1 saturated heterocycles. The third-order valence-electron chi connectivity index (χ3n) is 3.49. The lowest BCUT2D eigenvalue weighted by Crippen LogP contribution is -2.54. The van der Waals surface area contributed by atoms with E-state index in [1.165, 1.54) is 4.31 Å². The van der Waals surface area contributed by atoms with E-state index in [-0.39, 0.29) is 14.2 Å². The molecule has 0 spiro atoms. The molecule has 0 N–H and O–H groups in total. The number of aryl methyl sites for hydroxylation is 1. The van der Waals surface area contributed by atoms with Crippen LogP contribution >= 0.6 is 22.9 Å². The lowest BCUT2D eigenvalue weighted by molar-refractivity contribution is 0.0922. The summed E-state index contributed by atoms with van der Waals surface area (Å²) < 4.78 is 27.3. The summed E-state index contributed by atoms with van der Waals surface area (Å²) in [4.78, 5) is 6.29. The molecule has 8 heteroatoms.